The van der Waals surface area contributed by atoms with Crippen LogP contribution in [0.25, 0.3) is 6.08 Å². The molecule has 0 aliphatic heterocycles. The fourth-order valence-electron chi connectivity index (χ4n) is 2.20. The molecule has 1 atom stereocenters. The van der Waals surface area contributed by atoms with Crippen molar-refractivity contribution >= 4 is 11.9 Å². The summed E-state index contributed by atoms with van der Waals surface area (Å²) in [6.07, 6.45) is 9.31. The molecule has 0 bridgehead atoms. The summed E-state index contributed by atoms with van der Waals surface area (Å²) in [7, 11) is 0. The normalized spacial score (nSPS) is 22.2. The first-order chi connectivity index (χ1) is 7.84. The zero-order chi connectivity index (χ0) is 11.2. The molecule has 0 spiro atoms. The van der Waals surface area contributed by atoms with Gasteiger partial charge in [0, 0.05) is 12.8 Å². The van der Waals surface area contributed by atoms with Crippen molar-refractivity contribution in [3.8, 4) is 0 Å². The molecular weight excluding hydrogens is 196 g/mol. The summed E-state index contributed by atoms with van der Waals surface area (Å²) in [5.41, 5.74) is 1.22. The number of benzene rings is 1. The van der Waals surface area contributed by atoms with Crippen LogP contribution in [0.2, 0.25) is 0 Å². The van der Waals surface area contributed by atoms with Crippen molar-refractivity contribution in [2.45, 2.75) is 32.1 Å². The van der Waals surface area contributed by atoms with Crippen LogP contribution in [0.5, 0.6) is 0 Å². The highest BCUT2D eigenvalue weighted by molar-refractivity contribution is 5.79. The van der Waals surface area contributed by atoms with Gasteiger partial charge in [0.2, 0.25) is 0 Å². The van der Waals surface area contributed by atoms with Gasteiger partial charge in [-0.25, -0.2) is 0 Å². The number of carbonyl (C=O) groups is 1. The number of ketones is 1. The largest absolute Gasteiger partial charge is 0.300 e. The third-order valence-electron chi connectivity index (χ3n) is 3.13. The smallest absolute Gasteiger partial charge is 0.133 e. The molecule has 0 radical (unpaired) electrons. The maximum absolute atomic E-state index is 11.5. The van der Waals surface area contributed by atoms with Crippen LogP contribution >= 0.6 is 0 Å². The first-order valence-corrected chi connectivity index (χ1v) is 6.09. The second-order valence-corrected chi connectivity index (χ2v) is 4.52. The molecule has 0 unspecified atom stereocenters. The lowest BCUT2D eigenvalue weighted by Crippen LogP contribution is -2.01. The third kappa shape index (κ3) is 3.34. The Morgan fingerprint density at radius 3 is 2.75 bits per heavy atom. The van der Waals surface area contributed by atoms with Crippen molar-refractivity contribution in [2.24, 2.45) is 5.92 Å². The van der Waals surface area contributed by atoms with Gasteiger partial charge in [-0.3, -0.25) is 4.79 Å². The fraction of sp³-hybridized carbons (Fsp3) is 0.400. The molecular formula is C15H18O. The predicted molar refractivity (Wildman–Crippen MR) is 67.1 cm³/mol. The summed E-state index contributed by atoms with van der Waals surface area (Å²) in [6, 6.07) is 10.3. The molecule has 0 heterocycles. The maximum Gasteiger partial charge on any atom is 0.133 e. The Balaban J connectivity index is 1.98. The predicted octanol–water partition coefficient (Wildman–Crippen LogP) is 3.85. The molecule has 84 valence electrons. The summed E-state index contributed by atoms with van der Waals surface area (Å²) in [5.74, 6) is 0.885. The lowest BCUT2D eigenvalue weighted by Gasteiger charge is -2.06. The van der Waals surface area contributed by atoms with Crippen molar-refractivity contribution in [1.82, 2.24) is 0 Å². The molecule has 1 saturated carbocycles. The van der Waals surface area contributed by atoms with Gasteiger partial charge < -0.3 is 0 Å². The van der Waals surface area contributed by atoms with E-state index in [1.54, 1.807) is 0 Å². The van der Waals surface area contributed by atoms with Gasteiger partial charge in [-0.15, -0.1) is 0 Å². The van der Waals surface area contributed by atoms with Crippen LogP contribution in [0, 0.1) is 5.92 Å². The number of Topliss-reactive ketones (excluding diaryl/α,β-unsaturated/α-hetero) is 1. The first-order valence-electron chi connectivity index (χ1n) is 6.09. The van der Waals surface area contributed by atoms with Crippen molar-refractivity contribution in [2.75, 3.05) is 0 Å². The lowest BCUT2D eigenvalue weighted by molar-refractivity contribution is -0.119. The van der Waals surface area contributed by atoms with Gasteiger partial charge in [-0.2, -0.15) is 0 Å². The standard InChI is InChI=1S/C15H18O/c16-15-9-5-4-8-14(12-15)11-10-13-6-2-1-3-7-13/h1-3,6-7,10-11,14H,4-5,8-9,12H2/b11-10+/t14-/m0/s1. The molecule has 0 amide bonds. The van der Waals surface area contributed by atoms with E-state index >= 15 is 0 Å². The van der Waals surface area contributed by atoms with Gasteiger partial charge in [0.25, 0.3) is 0 Å². The summed E-state index contributed by atoms with van der Waals surface area (Å²) in [5, 5.41) is 0. The minimum atomic E-state index is 0.431. The van der Waals surface area contributed by atoms with Crippen molar-refractivity contribution < 1.29 is 4.79 Å². The molecule has 1 aliphatic rings. The van der Waals surface area contributed by atoms with Gasteiger partial charge in [0.15, 0.2) is 0 Å². The molecule has 0 N–H and O–H groups in total. The van der Waals surface area contributed by atoms with E-state index < -0.39 is 0 Å². The molecule has 1 aliphatic carbocycles. The molecule has 1 aromatic carbocycles. The van der Waals surface area contributed by atoms with Crippen LogP contribution in [0.1, 0.15) is 37.7 Å². The highest BCUT2D eigenvalue weighted by atomic mass is 16.1. The molecule has 1 heteroatoms. The van der Waals surface area contributed by atoms with Gasteiger partial charge in [-0.1, -0.05) is 48.9 Å². The van der Waals surface area contributed by atoms with Crippen LogP contribution in [0.4, 0.5) is 0 Å². The number of hydrogen-bond acceptors (Lipinski definition) is 1. The van der Waals surface area contributed by atoms with Crippen LogP contribution in [-0.2, 0) is 4.79 Å². The van der Waals surface area contributed by atoms with Crippen LogP contribution in [0.3, 0.4) is 0 Å². The average molecular weight is 214 g/mol. The fourth-order valence-corrected chi connectivity index (χ4v) is 2.20. The van der Waals surface area contributed by atoms with Crippen molar-refractivity contribution in [3.63, 3.8) is 0 Å². The Bertz CT molecular complexity index is 364. The topological polar surface area (TPSA) is 17.1 Å². The van der Waals surface area contributed by atoms with Gasteiger partial charge in [0.05, 0.1) is 0 Å². The quantitative estimate of drug-likeness (QED) is 0.683. The molecule has 1 aromatic rings. The van der Waals surface area contributed by atoms with Crippen molar-refractivity contribution in [3.05, 3.63) is 42.0 Å². The van der Waals surface area contributed by atoms with Crippen LogP contribution in [-0.4, -0.2) is 5.78 Å². The Kier molecular flexibility index (Phi) is 3.92. The number of allylic oxidation sites excluding steroid dienone is 1. The molecule has 16 heavy (non-hydrogen) atoms. The van der Waals surface area contributed by atoms with E-state index in [1.807, 2.05) is 18.2 Å². The number of hydrogen-bond donors (Lipinski definition) is 0. The minimum absolute atomic E-state index is 0.431. The Morgan fingerprint density at radius 2 is 1.94 bits per heavy atom. The highest BCUT2D eigenvalue weighted by Crippen LogP contribution is 2.22. The maximum atomic E-state index is 11.5. The molecule has 2 rings (SSSR count). The number of carbonyl (C=O) groups excluding carboxylic acids is 1. The molecule has 1 nitrogen and oxygen atoms in total. The third-order valence-corrected chi connectivity index (χ3v) is 3.13. The zero-order valence-electron chi connectivity index (χ0n) is 9.56. The average Bonchev–Trinajstić information content (AvgIpc) is 2.52. The highest BCUT2D eigenvalue weighted by Gasteiger charge is 2.14. The van der Waals surface area contributed by atoms with E-state index in [0.717, 1.165) is 25.7 Å². The van der Waals surface area contributed by atoms with Crippen LogP contribution in [0.15, 0.2) is 36.4 Å². The van der Waals surface area contributed by atoms with Crippen molar-refractivity contribution in [1.29, 1.82) is 0 Å². The Labute approximate surface area is 97.2 Å². The SMILES string of the molecule is O=C1CCCC[C@@H](/C=C/c2ccccc2)C1. The van der Waals surface area contributed by atoms with E-state index in [-0.39, 0.29) is 0 Å². The van der Waals surface area contributed by atoms with E-state index in [1.165, 1.54) is 12.0 Å². The van der Waals surface area contributed by atoms with E-state index in [0.29, 0.717) is 11.7 Å². The Hall–Kier alpha value is -1.37. The lowest BCUT2D eigenvalue weighted by atomic mass is 9.98. The van der Waals surface area contributed by atoms with E-state index in [4.69, 9.17) is 0 Å². The zero-order valence-corrected chi connectivity index (χ0v) is 9.56. The van der Waals surface area contributed by atoms with E-state index in [2.05, 4.69) is 24.3 Å². The van der Waals surface area contributed by atoms with Gasteiger partial charge in [0.1, 0.15) is 5.78 Å². The second kappa shape index (κ2) is 5.64. The van der Waals surface area contributed by atoms with E-state index in [9.17, 15) is 4.79 Å². The minimum Gasteiger partial charge on any atom is -0.300 e. The summed E-state index contributed by atoms with van der Waals surface area (Å²) < 4.78 is 0. The summed E-state index contributed by atoms with van der Waals surface area (Å²) >= 11 is 0. The van der Waals surface area contributed by atoms with Gasteiger partial charge in [-0.05, 0) is 24.3 Å². The molecule has 0 saturated heterocycles. The summed E-state index contributed by atoms with van der Waals surface area (Å²) in [6.45, 7) is 0. The first kappa shape index (κ1) is 11.1. The molecule has 0 aromatic heterocycles. The van der Waals surface area contributed by atoms with Gasteiger partial charge >= 0.3 is 0 Å². The number of rotatable bonds is 2. The second-order valence-electron chi connectivity index (χ2n) is 4.52. The summed E-state index contributed by atoms with van der Waals surface area (Å²) in [4.78, 5) is 11.5. The Morgan fingerprint density at radius 1 is 1.12 bits per heavy atom. The van der Waals surface area contributed by atoms with Crippen LogP contribution < -0.4 is 0 Å². The monoisotopic (exact) mass is 214 g/mol. The molecule has 1 fully saturated rings.